The minimum absolute atomic E-state index is 0.0635. The summed E-state index contributed by atoms with van der Waals surface area (Å²) >= 11 is 0. The summed E-state index contributed by atoms with van der Waals surface area (Å²) in [6, 6.07) is 0. The molecule has 6 heteroatoms. The van der Waals surface area contributed by atoms with Gasteiger partial charge in [0.25, 0.3) is 0 Å². The van der Waals surface area contributed by atoms with Gasteiger partial charge in [-0.25, -0.2) is 0 Å². The molecule has 6 nitrogen and oxygen atoms in total. The molecular weight excluding hydrogens is 236 g/mol. The average molecular weight is 256 g/mol. The van der Waals surface area contributed by atoms with Crippen LogP contribution in [0.5, 0.6) is 0 Å². The maximum Gasteiger partial charge on any atom is 0.307 e. The summed E-state index contributed by atoms with van der Waals surface area (Å²) in [4.78, 5) is 35.8. The van der Waals surface area contributed by atoms with Gasteiger partial charge in [0.1, 0.15) is 0 Å². The van der Waals surface area contributed by atoms with E-state index in [4.69, 9.17) is 5.11 Å². The molecular formula is C12H20N2O4. The van der Waals surface area contributed by atoms with E-state index in [-0.39, 0.29) is 18.4 Å². The third-order valence-corrected chi connectivity index (χ3v) is 3.48. The number of carbonyl (C=O) groups is 3. The molecule has 2 N–H and O–H groups in total. The Morgan fingerprint density at radius 2 is 1.89 bits per heavy atom. The zero-order chi connectivity index (χ0) is 13.7. The summed E-state index contributed by atoms with van der Waals surface area (Å²) in [6.45, 7) is 2.36. The molecule has 2 atom stereocenters. The van der Waals surface area contributed by atoms with Crippen LogP contribution in [0.25, 0.3) is 0 Å². The van der Waals surface area contributed by atoms with Crippen LogP contribution in [0.2, 0.25) is 0 Å². The molecule has 18 heavy (non-hydrogen) atoms. The SMILES string of the molecule is CCN(C)C(=O)CNC(=O)C1CCCC1C(=O)O. The van der Waals surface area contributed by atoms with Crippen molar-refractivity contribution >= 4 is 17.8 Å². The number of carbonyl (C=O) groups excluding carboxylic acids is 2. The molecule has 0 spiro atoms. The van der Waals surface area contributed by atoms with Crippen molar-refractivity contribution in [3.63, 3.8) is 0 Å². The van der Waals surface area contributed by atoms with Crippen LogP contribution in [0.4, 0.5) is 0 Å². The minimum Gasteiger partial charge on any atom is -0.481 e. The molecule has 1 saturated carbocycles. The Balaban J connectivity index is 2.46. The molecule has 1 rings (SSSR count). The predicted octanol–water partition coefficient (Wildman–Crippen LogP) is 0.0818. The van der Waals surface area contributed by atoms with Gasteiger partial charge in [-0.1, -0.05) is 6.42 Å². The molecule has 0 bridgehead atoms. The molecule has 102 valence electrons. The first kappa shape index (κ1) is 14.5. The predicted molar refractivity (Wildman–Crippen MR) is 64.8 cm³/mol. The second-order valence-corrected chi connectivity index (χ2v) is 4.61. The van der Waals surface area contributed by atoms with Gasteiger partial charge in [0, 0.05) is 13.6 Å². The summed E-state index contributed by atoms with van der Waals surface area (Å²) < 4.78 is 0. The summed E-state index contributed by atoms with van der Waals surface area (Å²) in [5, 5.41) is 11.5. The maximum atomic E-state index is 11.8. The van der Waals surface area contributed by atoms with Gasteiger partial charge in [0.05, 0.1) is 18.4 Å². The number of carboxylic acids is 1. The van der Waals surface area contributed by atoms with Crippen molar-refractivity contribution in [1.82, 2.24) is 10.2 Å². The molecule has 0 aromatic carbocycles. The van der Waals surface area contributed by atoms with E-state index in [1.165, 1.54) is 4.90 Å². The topological polar surface area (TPSA) is 86.7 Å². The molecule has 2 amide bonds. The van der Waals surface area contributed by atoms with Gasteiger partial charge in [0.2, 0.25) is 11.8 Å². The standard InChI is InChI=1S/C12H20N2O4/c1-3-14(2)10(15)7-13-11(16)8-5-4-6-9(8)12(17)18/h8-9H,3-7H2,1-2H3,(H,13,16)(H,17,18). The summed E-state index contributed by atoms with van der Waals surface area (Å²) in [5.41, 5.74) is 0. The van der Waals surface area contributed by atoms with Crippen LogP contribution in [-0.2, 0) is 14.4 Å². The Morgan fingerprint density at radius 3 is 2.44 bits per heavy atom. The first-order valence-corrected chi connectivity index (χ1v) is 6.21. The quantitative estimate of drug-likeness (QED) is 0.729. The lowest BCUT2D eigenvalue weighted by atomic mass is 9.95. The van der Waals surface area contributed by atoms with E-state index < -0.39 is 17.8 Å². The van der Waals surface area contributed by atoms with Gasteiger partial charge in [-0.2, -0.15) is 0 Å². The van der Waals surface area contributed by atoms with Gasteiger partial charge in [-0.05, 0) is 19.8 Å². The summed E-state index contributed by atoms with van der Waals surface area (Å²) in [7, 11) is 1.66. The van der Waals surface area contributed by atoms with Crippen molar-refractivity contribution in [3.8, 4) is 0 Å². The highest BCUT2D eigenvalue weighted by Gasteiger charge is 2.37. The number of likely N-dealkylation sites (N-methyl/N-ethyl adjacent to an activating group) is 1. The van der Waals surface area contributed by atoms with E-state index >= 15 is 0 Å². The van der Waals surface area contributed by atoms with E-state index in [2.05, 4.69) is 5.32 Å². The fourth-order valence-corrected chi connectivity index (χ4v) is 2.17. The van der Waals surface area contributed by atoms with Crippen LogP contribution in [0, 0.1) is 11.8 Å². The van der Waals surface area contributed by atoms with Crippen molar-refractivity contribution in [2.45, 2.75) is 26.2 Å². The van der Waals surface area contributed by atoms with Crippen molar-refractivity contribution < 1.29 is 19.5 Å². The molecule has 1 fully saturated rings. The molecule has 0 aromatic heterocycles. The van der Waals surface area contributed by atoms with Crippen molar-refractivity contribution in [1.29, 1.82) is 0 Å². The maximum absolute atomic E-state index is 11.8. The van der Waals surface area contributed by atoms with Gasteiger partial charge in [-0.15, -0.1) is 0 Å². The molecule has 0 aromatic rings. The van der Waals surface area contributed by atoms with E-state index in [1.54, 1.807) is 7.05 Å². The average Bonchev–Trinajstić information content (AvgIpc) is 2.83. The second kappa shape index (κ2) is 6.37. The van der Waals surface area contributed by atoms with E-state index in [0.717, 1.165) is 6.42 Å². The number of amides is 2. The highest BCUT2D eigenvalue weighted by Crippen LogP contribution is 2.31. The molecule has 1 aliphatic rings. The molecule has 0 heterocycles. The van der Waals surface area contributed by atoms with E-state index in [0.29, 0.717) is 19.4 Å². The Labute approximate surface area is 106 Å². The zero-order valence-corrected chi connectivity index (χ0v) is 10.8. The van der Waals surface area contributed by atoms with Crippen LogP contribution >= 0.6 is 0 Å². The highest BCUT2D eigenvalue weighted by molar-refractivity contribution is 5.88. The summed E-state index contributed by atoms with van der Waals surface area (Å²) in [6.07, 6.45) is 1.87. The highest BCUT2D eigenvalue weighted by atomic mass is 16.4. The van der Waals surface area contributed by atoms with Crippen molar-refractivity contribution in [3.05, 3.63) is 0 Å². The van der Waals surface area contributed by atoms with Gasteiger partial charge in [0.15, 0.2) is 0 Å². The normalized spacial score (nSPS) is 22.6. The van der Waals surface area contributed by atoms with E-state index in [9.17, 15) is 14.4 Å². The first-order chi connectivity index (χ1) is 8.47. The van der Waals surface area contributed by atoms with Crippen LogP contribution in [0.1, 0.15) is 26.2 Å². The Kier molecular flexibility index (Phi) is 5.12. The van der Waals surface area contributed by atoms with Crippen LogP contribution in [0.15, 0.2) is 0 Å². The lowest BCUT2D eigenvalue weighted by Gasteiger charge is -2.18. The number of carboxylic acid groups (broad SMARTS) is 1. The number of rotatable bonds is 5. The second-order valence-electron chi connectivity index (χ2n) is 4.61. The van der Waals surface area contributed by atoms with Crippen LogP contribution in [0.3, 0.4) is 0 Å². The number of nitrogens with one attached hydrogen (secondary N) is 1. The van der Waals surface area contributed by atoms with Crippen molar-refractivity contribution in [2.24, 2.45) is 11.8 Å². The van der Waals surface area contributed by atoms with Gasteiger partial charge >= 0.3 is 5.97 Å². The van der Waals surface area contributed by atoms with Crippen LogP contribution in [-0.4, -0.2) is 47.9 Å². The largest absolute Gasteiger partial charge is 0.481 e. The van der Waals surface area contributed by atoms with Gasteiger partial charge in [-0.3, -0.25) is 14.4 Å². The fraction of sp³-hybridized carbons (Fsp3) is 0.750. The number of hydrogen-bond acceptors (Lipinski definition) is 3. The lowest BCUT2D eigenvalue weighted by molar-refractivity contribution is -0.146. The number of aliphatic carboxylic acids is 1. The van der Waals surface area contributed by atoms with Gasteiger partial charge < -0.3 is 15.3 Å². The minimum atomic E-state index is -0.926. The Bertz CT molecular complexity index is 343. The van der Waals surface area contributed by atoms with E-state index in [1.807, 2.05) is 6.92 Å². The first-order valence-electron chi connectivity index (χ1n) is 6.21. The Morgan fingerprint density at radius 1 is 1.28 bits per heavy atom. The number of nitrogens with zero attached hydrogens (tertiary/aromatic N) is 1. The molecule has 1 aliphatic carbocycles. The fourth-order valence-electron chi connectivity index (χ4n) is 2.17. The third kappa shape index (κ3) is 3.45. The molecule has 0 radical (unpaired) electrons. The molecule has 2 unspecified atom stereocenters. The smallest absolute Gasteiger partial charge is 0.307 e. The zero-order valence-electron chi connectivity index (χ0n) is 10.8. The lowest BCUT2D eigenvalue weighted by Crippen LogP contribution is -2.41. The van der Waals surface area contributed by atoms with Crippen LogP contribution < -0.4 is 5.32 Å². The summed E-state index contributed by atoms with van der Waals surface area (Å²) in [5.74, 6) is -2.52. The number of hydrogen-bond donors (Lipinski definition) is 2. The molecule has 0 aliphatic heterocycles. The third-order valence-electron chi connectivity index (χ3n) is 3.48. The Hall–Kier alpha value is -1.59. The monoisotopic (exact) mass is 256 g/mol. The molecule has 0 saturated heterocycles. The van der Waals surface area contributed by atoms with Crippen molar-refractivity contribution in [2.75, 3.05) is 20.1 Å².